The van der Waals surface area contributed by atoms with Crippen molar-refractivity contribution in [3.63, 3.8) is 0 Å². The molecule has 2 aromatic heterocycles. The highest BCUT2D eigenvalue weighted by molar-refractivity contribution is 7.12. The van der Waals surface area contributed by atoms with Gasteiger partial charge in [-0.15, -0.1) is 11.3 Å². The molecule has 1 aliphatic rings. The van der Waals surface area contributed by atoms with E-state index in [-0.39, 0.29) is 11.8 Å². The number of methoxy groups -OCH3 is 1. The number of carbonyl (C=O) groups is 2. The maximum Gasteiger partial charge on any atom is 0.350 e. The van der Waals surface area contributed by atoms with E-state index in [0.29, 0.717) is 15.6 Å². The number of nitrogens with one attached hydrogen (secondary N) is 1. The normalized spacial score (nSPS) is 15.0. The summed E-state index contributed by atoms with van der Waals surface area (Å²) in [6, 6.07) is 5.42. The molecule has 1 aliphatic heterocycles. The maximum absolute atomic E-state index is 12.5. The van der Waals surface area contributed by atoms with E-state index in [9.17, 15) is 9.59 Å². The Bertz CT molecular complexity index is 755. The number of carbonyl (C=O) groups excluding carboxylic acids is 2. The van der Waals surface area contributed by atoms with E-state index in [4.69, 9.17) is 16.3 Å². The van der Waals surface area contributed by atoms with E-state index in [1.165, 1.54) is 18.4 Å². The van der Waals surface area contributed by atoms with Crippen molar-refractivity contribution in [2.45, 2.75) is 12.8 Å². The molecule has 1 saturated heterocycles. The van der Waals surface area contributed by atoms with Gasteiger partial charge in [0.1, 0.15) is 10.7 Å². The highest BCUT2D eigenvalue weighted by Gasteiger charge is 2.27. The van der Waals surface area contributed by atoms with Crippen LogP contribution < -0.4 is 10.2 Å². The number of piperidine rings is 1. The third-order valence-corrected chi connectivity index (χ3v) is 5.31. The van der Waals surface area contributed by atoms with E-state index in [0.717, 1.165) is 31.7 Å². The summed E-state index contributed by atoms with van der Waals surface area (Å²) in [6.07, 6.45) is 3.09. The third kappa shape index (κ3) is 4.11. The summed E-state index contributed by atoms with van der Waals surface area (Å²) in [5.41, 5.74) is 0.517. The lowest BCUT2D eigenvalue weighted by molar-refractivity contribution is -0.120. The van der Waals surface area contributed by atoms with Crippen LogP contribution in [0.2, 0.25) is 5.02 Å². The van der Waals surface area contributed by atoms with Gasteiger partial charge < -0.3 is 15.0 Å². The van der Waals surface area contributed by atoms with Crippen molar-refractivity contribution >= 4 is 46.3 Å². The van der Waals surface area contributed by atoms with Crippen LogP contribution in [0.4, 0.5) is 11.5 Å². The second-order valence-corrected chi connectivity index (χ2v) is 7.09. The fourth-order valence-electron chi connectivity index (χ4n) is 2.82. The minimum Gasteiger partial charge on any atom is -0.465 e. The average molecular weight is 380 g/mol. The molecule has 6 nitrogen and oxygen atoms in total. The summed E-state index contributed by atoms with van der Waals surface area (Å²) in [5.74, 6) is 0.282. The van der Waals surface area contributed by atoms with Gasteiger partial charge in [-0.05, 0) is 36.4 Å². The molecule has 132 valence electrons. The number of hydrogen-bond acceptors (Lipinski definition) is 6. The summed E-state index contributed by atoms with van der Waals surface area (Å²) >= 11 is 7.12. The first-order valence-electron chi connectivity index (χ1n) is 7.91. The van der Waals surface area contributed by atoms with Crippen LogP contribution in [0.15, 0.2) is 29.8 Å². The number of amides is 1. The Morgan fingerprint density at radius 1 is 1.32 bits per heavy atom. The topological polar surface area (TPSA) is 71.5 Å². The SMILES string of the molecule is COC(=O)c1sccc1NC(=O)C1CCN(c2ccc(Cl)cn2)CC1. The Balaban J connectivity index is 1.58. The van der Waals surface area contributed by atoms with Crippen LogP contribution in [0.3, 0.4) is 0 Å². The Hall–Kier alpha value is -2.12. The highest BCUT2D eigenvalue weighted by Crippen LogP contribution is 2.27. The number of hydrogen-bond donors (Lipinski definition) is 1. The first-order chi connectivity index (χ1) is 12.1. The highest BCUT2D eigenvalue weighted by atomic mass is 35.5. The van der Waals surface area contributed by atoms with E-state index in [1.807, 2.05) is 12.1 Å². The van der Waals surface area contributed by atoms with Gasteiger partial charge in [0, 0.05) is 25.2 Å². The minimum absolute atomic E-state index is 0.0627. The fraction of sp³-hybridized carbons (Fsp3) is 0.353. The zero-order chi connectivity index (χ0) is 17.8. The summed E-state index contributed by atoms with van der Waals surface area (Å²) in [5, 5.41) is 5.22. The number of esters is 1. The lowest BCUT2D eigenvalue weighted by Crippen LogP contribution is -2.38. The first-order valence-corrected chi connectivity index (χ1v) is 9.17. The molecular weight excluding hydrogens is 362 g/mol. The number of ether oxygens (including phenoxy) is 1. The van der Waals surface area contributed by atoms with Gasteiger partial charge in [0.05, 0.1) is 17.8 Å². The second-order valence-electron chi connectivity index (χ2n) is 5.74. The zero-order valence-electron chi connectivity index (χ0n) is 13.7. The molecule has 2 aromatic rings. The molecule has 25 heavy (non-hydrogen) atoms. The van der Waals surface area contributed by atoms with E-state index in [1.54, 1.807) is 17.6 Å². The average Bonchev–Trinajstić information content (AvgIpc) is 3.10. The standard InChI is InChI=1S/C17H18ClN3O3S/c1-24-17(23)15-13(6-9-25-15)20-16(22)11-4-7-21(8-5-11)14-3-2-12(18)10-19-14/h2-3,6,9-11H,4-5,7-8H2,1H3,(H,20,22). The molecule has 0 saturated carbocycles. The van der Waals surface area contributed by atoms with Gasteiger partial charge in [0.2, 0.25) is 5.91 Å². The molecule has 0 radical (unpaired) electrons. The molecule has 0 aliphatic carbocycles. The van der Waals surface area contributed by atoms with E-state index < -0.39 is 5.97 Å². The van der Waals surface area contributed by atoms with E-state index >= 15 is 0 Å². The first kappa shape index (κ1) is 17.7. The second kappa shape index (κ2) is 7.84. The molecule has 1 fully saturated rings. The predicted octanol–water partition coefficient (Wildman–Crippen LogP) is 3.44. The molecule has 0 unspecified atom stereocenters. The van der Waals surface area contributed by atoms with Crippen molar-refractivity contribution in [1.82, 2.24) is 4.98 Å². The van der Waals surface area contributed by atoms with Crippen molar-refractivity contribution in [2.75, 3.05) is 30.4 Å². The fourth-order valence-corrected chi connectivity index (χ4v) is 3.70. The number of thiophene rings is 1. The van der Waals surface area contributed by atoms with Crippen LogP contribution in [0, 0.1) is 5.92 Å². The molecule has 0 spiro atoms. The molecule has 3 rings (SSSR count). The number of rotatable bonds is 4. The van der Waals surface area contributed by atoms with Gasteiger partial charge in [0.25, 0.3) is 0 Å². The molecule has 1 N–H and O–H groups in total. The molecule has 0 bridgehead atoms. The summed E-state index contributed by atoms with van der Waals surface area (Å²) in [6.45, 7) is 1.50. The van der Waals surface area contributed by atoms with Crippen molar-refractivity contribution < 1.29 is 14.3 Å². The third-order valence-electron chi connectivity index (χ3n) is 4.20. The number of anilines is 2. The summed E-state index contributed by atoms with van der Waals surface area (Å²) in [7, 11) is 1.33. The van der Waals surface area contributed by atoms with Crippen LogP contribution in [-0.4, -0.2) is 37.1 Å². The van der Waals surface area contributed by atoms with Gasteiger partial charge in [0.15, 0.2) is 0 Å². The van der Waals surface area contributed by atoms with Crippen molar-refractivity contribution in [3.8, 4) is 0 Å². The van der Waals surface area contributed by atoms with Crippen LogP contribution in [-0.2, 0) is 9.53 Å². The van der Waals surface area contributed by atoms with Gasteiger partial charge in [-0.3, -0.25) is 4.79 Å². The number of pyridine rings is 1. The summed E-state index contributed by atoms with van der Waals surface area (Å²) in [4.78, 5) is 31.1. The Kier molecular flexibility index (Phi) is 5.55. The Morgan fingerprint density at radius 2 is 2.08 bits per heavy atom. The van der Waals surface area contributed by atoms with Gasteiger partial charge in [-0.2, -0.15) is 0 Å². The Labute approximate surface area is 154 Å². The summed E-state index contributed by atoms with van der Waals surface area (Å²) < 4.78 is 4.73. The van der Waals surface area contributed by atoms with Crippen LogP contribution in [0.5, 0.6) is 0 Å². The molecule has 1 amide bonds. The lowest BCUT2D eigenvalue weighted by Gasteiger charge is -2.32. The molecular formula is C17H18ClN3O3S. The lowest BCUT2D eigenvalue weighted by atomic mass is 9.96. The largest absolute Gasteiger partial charge is 0.465 e. The quantitative estimate of drug-likeness (QED) is 0.824. The number of halogens is 1. The van der Waals surface area contributed by atoms with Crippen molar-refractivity contribution in [3.05, 3.63) is 39.7 Å². The minimum atomic E-state index is -0.436. The zero-order valence-corrected chi connectivity index (χ0v) is 15.3. The van der Waals surface area contributed by atoms with Crippen LogP contribution in [0.25, 0.3) is 0 Å². The predicted molar refractivity (Wildman–Crippen MR) is 98.5 cm³/mol. The van der Waals surface area contributed by atoms with Gasteiger partial charge in [-0.25, -0.2) is 9.78 Å². The molecule has 8 heteroatoms. The Morgan fingerprint density at radius 3 is 2.72 bits per heavy atom. The van der Waals surface area contributed by atoms with Crippen LogP contribution >= 0.6 is 22.9 Å². The van der Waals surface area contributed by atoms with Crippen LogP contribution in [0.1, 0.15) is 22.5 Å². The smallest absolute Gasteiger partial charge is 0.350 e. The monoisotopic (exact) mass is 379 g/mol. The van der Waals surface area contributed by atoms with Gasteiger partial charge in [-0.1, -0.05) is 11.6 Å². The molecule has 0 aromatic carbocycles. The maximum atomic E-state index is 12.5. The van der Waals surface area contributed by atoms with E-state index in [2.05, 4.69) is 15.2 Å². The molecule has 3 heterocycles. The van der Waals surface area contributed by atoms with Crippen molar-refractivity contribution in [2.24, 2.45) is 5.92 Å². The number of aromatic nitrogens is 1. The van der Waals surface area contributed by atoms with Crippen molar-refractivity contribution in [1.29, 1.82) is 0 Å². The molecule has 0 atom stereocenters. The number of nitrogens with zero attached hydrogens (tertiary/aromatic N) is 2. The van der Waals surface area contributed by atoms with Gasteiger partial charge >= 0.3 is 5.97 Å².